The van der Waals surface area contributed by atoms with Gasteiger partial charge in [0.05, 0.1) is 13.7 Å². The Morgan fingerprint density at radius 1 is 1.42 bits per heavy atom. The number of nitrogens with zero attached hydrogens (tertiary/aromatic N) is 2. The number of carboxylic acid groups (broad SMARTS) is 1. The summed E-state index contributed by atoms with van der Waals surface area (Å²) in [5.74, 6) is -0.742. The number of hydrogen-bond donors (Lipinski definition) is 1. The van der Waals surface area contributed by atoms with Crippen LogP contribution in [-0.4, -0.2) is 61.0 Å². The van der Waals surface area contributed by atoms with Crippen molar-refractivity contribution >= 4 is 22.3 Å². The van der Waals surface area contributed by atoms with Crippen LogP contribution in [-0.2, 0) is 19.7 Å². The number of carbonyl (C=O) groups is 2. The van der Waals surface area contributed by atoms with Gasteiger partial charge in [0.25, 0.3) is 0 Å². The molecule has 24 heavy (non-hydrogen) atoms. The van der Waals surface area contributed by atoms with Crippen LogP contribution >= 0.6 is 0 Å². The van der Waals surface area contributed by atoms with E-state index >= 15 is 0 Å². The molecule has 1 heterocycles. The summed E-state index contributed by atoms with van der Waals surface area (Å²) in [6.45, 7) is 0.561. The van der Waals surface area contributed by atoms with Crippen molar-refractivity contribution in [2.75, 3.05) is 26.8 Å². The number of methoxy groups -OCH3 is 1. The predicted octanol–water partition coefficient (Wildman–Crippen LogP) is 0.840. The first-order valence-corrected chi connectivity index (χ1v) is 8.49. The van der Waals surface area contributed by atoms with Crippen LogP contribution in [0, 0.1) is 0 Å². The third-order valence-corrected chi connectivity index (χ3v) is 5.55. The van der Waals surface area contributed by atoms with Crippen LogP contribution < -0.4 is 4.74 Å². The van der Waals surface area contributed by atoms with E-state index in [0.717, 1.165) is 4.31 Å². The number of aliphatic carboxylic acids is 1. The van der Waals surface area contributed by atoms with E-state index in [1.807, 2.05) is 0 Å². The van der Waals surface area contributed by atoms with Gasteiger partial charge in [0.15, 0.2) is 0 Å². The van der Waals surface area contributed by atoms with Crippen LogP contribution in [0.2, 0.25) is 0 Å². The first kappa shape index (κ1) is 18.0. The highest BCUT2D eigenvalue weighted by Crippen LogP contribution is 2.27. The lowest BCUT2D eigenvalue weighted by Crippen LogP contribution is -2.47. The number of amides is 1. The molecule has 1 aromatic rings. The summed E-state index contributed by atoms with van der Waals surface area (Å²) < 4.78 is 36.3. The molecule has 0 saturated carbocycles. The fraction of sp³-hybridized carbons (Fsp3) is 0.429. The maximum atomic E-state index is 12.7. The molecule has 0 radical (unpaired) electrons. The van der Waals surface area contributed by atoms with Crippen LogP contribution in [0.5, 0.6) is 5.75 Å². The van der Waals surface area contributed by atoms with E-state index in [-0.39, 0.29) is 13.2 Å². The van der Waals surface area contributed by atoms with Crippen LogP contribution in [0.25, 0.3) is 0 Å². The SMILES string of the molecule is COc1ccc([C@H](C)N(CC(=O)O)S(=O)(=O)N2CCOC2=O)cc1. The van der Waals surface area contributed by atoms with E-state index in [2.05, 4.69) is 4.74 Å². The Bertz CT molecular complexity index is 717. The van der Waals surface area contributed by atoms with Gasteiger partial charge in [-0.1, -0.05) is 12.1 Å². The lowest BCUT2D eigenvalue weighted by Gasteiger charge is -2.29. The normalized spacial score (nSPS) is 16.1. The highest BCUT2D eigenvalue weighted by atomic mass is 32.2. The molecule has 0 unspecified atom stereocenters. The summed E-state index contributed by atoms with van der Waals surface area (Å²) in [7, 11) is -2.83. The minimum Gasteiger partial charge on any atom is -0.497 e. The van der Waals surface area contributed by atoms with Crippen molar-refractivity contribution in [2.45, 2.75) is 13.0 Å². The van der Waals surface area contributed by atoms with Gasteiger partial charge in [-0.15, -0.1) is 0 Å². The average Bonchev–Trinajstić information content (AvgIpc) is 2.98. The molecule has 1 saturated heterocycles. The second kappa shape index (κ2) is 7.05. The average molecular weight is 358 g/mol. The summed E-state index contributed by atoms with van der Waals surface area (Å²) in [4.78, 5) is 22.7. The van der Waals surface area contributed by atoms with Crippen molar-refractivity contribution in [1.82, 2.24) is 8.61 Å². The Morgan fingerprint density at radius 3 is 2.50 bits per heavy atom. The van der Waals surface area contributed by atoms with Crippen molar-refractivity contribution < 1.29 is 32.6 Å². The fourth-order valence-corrected chi connectivity index (χ4v) is 3.91. The maximum absolute atomic E-state index is 12.7. The largest absolute Gasteiger partial charge is 0.497 e. The Kier molecular flexibility index (Phi) is 5.30. The monoisotopic (exact) mass is 358 g/mol. The van der Waals surface area contributed by atoms with Gasteiger partial charge in [0.1, 0.15) is 18.9 Å². The highest BCUT2D eigenvalue weighted by molar-refractivity contribution is 7.87. The van der Waals surface area contributed by atoms with Crippen LogP contribution in [0.4, 0.5) is 4.79 Å². The zero-order chi connectivity index (χ0) is 17.9. The molecule has 9 nitrogen and oxygen atoms in total. The number of benzene rings is 1. The van der Waals surface area contributed by atoms with Gasteiger partial charge in [0, 0.05) is 6.04 Å². The summed E-state index contributed by atoms with van der Waals surface area (Å²) in [6, 6.07) is 5.75. The molecule has 2 rings (SSSR count). The molecule has 132 valence electrons. The minimum absolute atomic E-state index is 0.0596. The molecule has 0 spiro atoms. The molecule has 0 bridgehead atoms. The van der Waals surface area contributed by atoms with Crippen molar-refractivity contribution in [3.63, 3.8) is 0 Å². The highest BCUT2D eigenvalue weighted by Gasteiger charge is 2.41. The lowest BCUT2D eigenvalue weighted by molar-refractivity contribution is -0.137. The summed E-state index contributed by atoms with van der Waals surface area (Å²) in [6.07, 6.45) is -1.01. The number of hydrogen-bond acceptors (Lipinski definition) is 6. The number of cyclic esters (lactones) is 1. The zero-order valence-corrected chi connectivity index (χ0v) is 14.0. The molecular weight excluding hydrogens is 340 g/mol. The second-order valence-corrected chi connectivity index (χ2v) is 6.89. The Hall–Kier alpha value is -2.33. The van der Waals surface area contributed by atoms with E-state index in [0.29, 0.717) is 15.6 Å². The molecule has 10 heteroatoms. The number of ether oxygens (including phenoxy) is 2. The molecule has 0 aromatic heterocycles. The molecule has 1 amide bonds. The van der Waals surface area contributed by atoms with E-state index < -0.39 is 34.9 Å². The molecule has 1 aromatic carbocycles. The van der Waals surface area contributed by atoms with Crippen molar-refractivity contribution in [3.05, 3.63) is 29.8 Å². The molecule has 1 aliphatic heterocycles. The number of carbonyl (C=O) groups excluding carboxylic acids is 1. The summed E-state index contributed by atoms with van der Waals surface area (Å²) >= 11 is 0. The van der Waals surface area contributed by atoms with Gasteiger partial charge in [0.2, 0.25) is 0 Å². The fourth-order valence-electron chi connectivity index (χ4n) is 2.32. The standard InChI is InChI=1S/C14H18N2O7S/c1-10(11-3-5-12(22-2)6-4-11)16(9-13(17)18)24(20,21)15-7-8-23-14(15)19/h3-6,10H,7-9H2,1-2H3,(H,17,18)/t10-/m0/s1. The van der Waals surface area contributed by atoms with Gasteiger partial charge >= 0.3 is 22.3 Å². The second-order valence-electron chi connectivity index (χ2n) is 5.08. The number of rotatable bonds is 7. The van der Waals surface area contributed by atoms with Crippen LogP contribution in [0.15, 0.2) is 24.3 Å². The Morgan fingerprint density at radius 2 is 2.04 bits per heavy atom. The van der Waals surface area contributed by atoms with Gasteiger partial charge < -0.3 is 14.6 Å². The van der Waals surface area contributed by atoms with Gasteiger partial charge in [-0.25, -0.2) is 4.79 Å². The molecule has 1 fully saturated rings. The predicted molar refractivity (Wildman–Crippen MR) is 82.7 cm³/mol. The smallest absolute Gasteiger partial charge is 0.424 e. The topological polar surface area (TPSA) is 113 Å². The van der Waals surface area contributed by atoms with Gasteiger partial charge in [-0.05, 0) is 24.6 Å². The number of carboxylic acids is 1. The van der Waals surface area contributed by atoms with Crippen molar-refractivity contribution in [1.29, 1.82) is 0 Å². The van der Waals surface area contributed by atoms with Crippen LogP contribution in [0.1, 0.15) is 18.5 Å². The van der Waals surface area contributed by atoms with Crippen LogP contribution in [0.3, 0.4) is 0 Å². The summed E-state index contributed by atoms with van der Waals surface area (Å²) in [5, 5.41) is 9.07. The van der Waals surface area contributed by atoms with E-state index in [1.54, 1.807) is 31.2 Å². The molecule has 1 atom stereocenters. The third kappa shape index (κ3) is 3.60. The Balaban J connectivity index is 2.36. The molecule has 1 aliphatic rings. The van der Waals surface area contributed by atoms with Crippen molar-refractivity contribution in [2.24, 2.45) is 0 Å². The van der Waals surface area contributed by atoms with Gasteiger partial charge in [-0.2, -0.15) is 17.0 Å². The third-order valence-electron chi connectivity index (χ3n) is 3.62. The summed E-state index contributed by atoms with van der Waals surface area (Å²) in [5.41, 5.74) is 0.563. The molecular formula is C14H18N2O7S. The molecule has 1 N–H and O–H groups in total. The Labute approximate surface area is 139 Å². The van der Waals surface area contributed by atoms with E-state index in [9.17, 15) is 18.0 Å². The van der Waals surface area contributed by atoms with E-state index in [1.165, 1.54) is 7.11 Å². The van der Waals surface area contributed by atoms with E-state index in [4.69, 9.17) is 9.84 Å². The first-order valence-electron chi connectivity index (χ1n) is 7.09. The quantitative estimate of drug-likeness (QED) is 0.768. The first-order chi connectivity index (χ1) is 11.3. The van der Waals surface area contributed by atoms with Gasteiger partial charge in [-0.3, -0.25) is 4.79 Å². The minimum atomic E-state index is -4.33. The lowest BCUT2D eigenvalue weighted by atomic mass is 10.1. The van der Waals surface area contributed by atoms with Crippen molar-refractivity contribution in [3.8, 4) is 5.75 Å². The zero-order valence-electron chi connectivity index (χ0n) is 13.2. The maximum Gasteiger partial charge on any atom is 0.424 e. The molecule has 0 aliphatic carbocycles.